The van der Waals surface area contributed by atoms with Crippen molar-refractivity contribution in [3.63, 3.8) is 0 Å². The summed E-state index contributed by atoms with van der Waals surface area (Å²) < 4.78 is 5.55. The minimum absolute atomic E-state index is 0.00526. The van der Waals surface area contributed by atoms with Crippen molar-refractivity contribution in [2.75, 3.05) is 32.7 Å². The summed E-state index contributed by atoms with van der Waals surface area (Å²) in [6.07, 6.45) is 4.33. The van der Waals surface area contributed by atoms with Gasteiger partial charge in [0.05, 0.1) is 0 Å². The van der Waals surface area contributed by atoms with Gasteiger partial charge in [-0.1, -0.05) is 42.5 Å². The smallest absolute Gasteiger partial charge is 0.289 e. The van der Waals surface area contributed by atoms with Gasteiger partial charge in [-0.15, -0.1) is 0 Å². The second kappa shape index (κ2) is 7.49. The van der Waals surface area contributed by atoms with E-state index in [1.54, 1.807) is 0 Å². The number of piperazine rings is 1. The van der Waals surface area contributed by atoms with Crippen LogP contribution >= 0.6 is 0 Å². The van der Waals surface area contributed by atoms with E-state index in [4.69, 9.17) is 4.42 Å². The van der Waals surface area contributed by atoms with Gasteiger partial charge in [-0.2, -0.15) is 0 Å². The van der Waals surface area contributed by atoms with E-state index >= 15 is 0 Å². The zero-order valence-corrected chi connectivity index (χ0v) is 14.4. The Balaban J connectivity index is 1.49. The highest BCUT2D eigenvalue weighted by Gasteiger charge is 2.24. The third kappa shape index (κ3) is 3.95. The van der Waals surface area contributed by atoms with Gasteiger partial charge in [0.1, 0.15) is 5.76 Å². The molecular weight excluding hydrogens is 300 g/mol. The molecule has 0 atom stereocenters. The molecule has 126 valence electrons. The fourth-order valence-electron chi connectivity index (χ4n) is 2.87. The molecule has 1 aliphatic rings. The topological polar surface area (TPSA) is 36.7 Å². The van der Waals surface area contributed by atoms with Gasteiger partial charge in [0.15, 0.2) is 5.76 Å². The highest BCUT2D eigenvalue weighted by atomic mass is 16.4. The summed E-state index contributed by atoms with van der Waals surface area (Å²) in [5.41, 5.74) is 2.25. The van der Waals surface area contributed by atoms with Gasteiger partial charge in [-0.25, -0.2) is 0 Å². The Kier molecular flexibility index (Phi) is 5.16. The summed E-state index contributed by atoms with van der Waals surface area (Å²) in [5.74, 6) is 1.29. The number of furan rings is 1. The van der Waals surface area contributed by atoms with Crippen LogP contribution in [0, 0.1) is 13.8 Å². The lowest BCUT2D eigenvalue weighted by Gasteiger charge is -2.33. The fourth-order valence-corrected chi connectivity index (χ4v) is 2.87. The number of hydrogen-bond donors (Lipinski definition) is 0. The molecule has 4 nitrogen and oxygen atoms in total. The van der Waals surface area contributed by atoms with E-state index < -0.39 is 0 Å². The van der Waals surface area contributed by atoms with Crippen LogP contribution in [0.25, 0.3) is 6.08 Å². The van der Waals surface area contributed by atoms with Gasteiger partial charge in [0, 0.05) is 32.7 Å². The van der Waals surface area contributed by atoms with Crippen molar-refractivity contribution < 1.29 is 9.21 Å². The first kappa shape index (κ1) is 16.5. The van der Waals surface area contributed by atoms with Gasteiger partial charge < -0.3 is 9.32 Å². The van der Waals surface area contributed by atoms with Crippen molar-refractivity contribution in [3.05, 3.63) is 65.1 Å². The van der Waals surface area contributed by atoms with Crippen LogP contribution in [0.5, 0.6) is 0 Å². The molecule has 0 radical (unpaired) electrons. The first-order valence-corrected chi connectivity index (χ1v) is 8.44. The average molecular weight is 324 g/mol. The second-order valence-electron chi connectivity index (χ2n) is 6.26. The van der Waals surface area contributed by atoms with Crippen molar-refractivity contribution in [1.29, 1.82) is 0 Å². The summed E-state index contributed by atoms with van der Waals surface area (Å²) in [6, 6.07) is 12.1. The van der Waals surface area contributed by atoms with Crippen molar-refractivity contribution in [3.8, 4) is 0 Å². The third-order valence-corrected chi connectivity index (χ3v) is 4.51. The maximum absolute atomic E-state index is 12.5. The Morgan fingerprint density at radius 3 is 2.46 bits per heavy atom. The number of rotatable bonds is 4. The fraction of sp³-hybridized carbons (Fsp3) is 0.350. The third-order valence-electron chi connectivity index (χ3n) is 4.51. The lowest BCUT2D eigenvalue weighted by atomic mass is 10.2. The summed E-state index contributed by atoms with van der Waals surface area (Å²) in [4.78, 5) is 16.7. The Labute approximate surface area is 143 Å². The predicted molar refractivity (Wildman–Crippen MR) is 96.0 cm³/mol. The summed E-state index contributed by atoms with van der Waals surface area (Å²) >= 11 is 0. The molecule has 0 aliphatic carbocycles. The Hall–Kier alpha value is -2.33. The molecule has 4 heteroatoms. The van der Waals surface area contributed by atoms with Crippen molar-refractivity contribution in [2.24, 2.45) is 0 Å². The lowest BCUT2D eigenvalue weighted by Crippen LogP contribution is -2.48. The van der Waals surface area contributed by atoms with E-state index in [-0.39, 0.29) is 5.91 Å². The quantitative estimate of drug-likeness (QED) is 0.865. The minimum atomic E-state index is 0.00526. The molecule has 2 heterocycles. The molecule has 1 amide bonds. The number of hydrogen-bond acceptors (Lipinski definition) is 3. The molecule has 1 fully saturated rings. The molecular formula is C20H24N2O2. The Morgan fingerprint density at radius 1 is 1.12 bits per heavy atom. The molecule has 1 aromatic carbocycles. The van der Waals surface area contributed by atoms with Crippen LogP contribution in [0.1, 0.15) is 27.4 Å². The molecule has 0 spiro atoms. The zero-order valence-electron chi connectivity index (χ0n) is 14.4. The van der Waals surface area contributed by atoms with Crippen LogP contribution < -0.4 is 0 Å². The van der Waals surface area contributed by atoms with Crippen molar-refractivity contribution >= 4 is 12.0 Å². The molecule has 0 N–H and O–H groups in total. The van der Waals surface area contributed by atoms with Gasteiger partial charge in [0.25, 0.3) is 5.91 Å². The van der Waals surface area contributed by atoms with E-state index in [0.717, 1.165) is 44.0 Å². The molecule has 2 aromatic rings. The van der Waals surface area contributed by atoms with Crippen LogP contribution in [0.2, 0.25) is 0 Å². The molecule has 0 unspecified atom stereocenters. The molecule has 0 bridgehead atoms. The van der Waals surface area contributed by atoms with Gasteiger partial charge >= 0.3 is 0 Å². The monoisotopic (exact) mass is 324 g/mol. The van der Waals surface area contributed by atoms with Gasteiger partial charge in [0.2, 0.25) is 0 Å². The van der Waals surface area contributed by atoms with Gasteiger partial charge in [-0.05, 0) is 31.0 Å². The molecule has 1 aromatic heterocycles. The highest BCUT2D eigenvalue weighted by Crippen LogP contribution is 2.16. The standard InChI is InChI=1S/C20H24N2O2/c1-16-15-19(24-17(16)2)20(23)22-13-11-21(12-14-22)10-6-9-18-7-4-3-5-8-18/h3-9,15H,10-14H2,1-2H3/b9-6+. The van der Waals surface area contributed by atoms with E-state index in [2.05, 4.69) is 29.2 Å². The first-order chi connectivity index (χ1) is 11.6. The lowest BCUT2D eigenvalue weighted by molar-refractivity contribution is 0.0618. The van der Waals surface area contributed by atoms with Crippen molar-refractivity contribution in [1.82, 2.24) is 9.80 Å². The Bertz CT molecular complexity index is 691. The minimum Gasteiger partial charge on any atom is -0.456 e. The van der Waals surface area contributed by atoms with Gasteiger partial charge in [-0.3, -0.25) is 9.69 Å². The number of aryl methyl sites for hydroxylation is 2. The van der Waals surface area contributed by atoms with E-state index in [0.29, 0.717) is 5.76 Å². The summed E-state index contributed by atoms with van der Waals surface area (Å²) in [6.45, 7) is 8.05. The number of carbonyl (C=O) groups is 1. The second-order valence-corrected chi connectivity index (χ2v) is 6.26. The number of nitrogens with zero attached hydrogens (tertiary/aromatic N) is 2. The molecule has 1 saturated heterocycles. The summed E-state index contributed by atoms with van der Waals surface area (Å²) in [7, 11) is 0. The highest BCUT2D eigenvalue weighted by molar-refractivity contribution is 5.91. The average Bonchev–Trinajstić information content (AvgIpc) is 2.95. The molecule has 24 heavy (non-hydrogen) atoms. The van der Waals surface area contributed by atoms with Crippen LogP contribution in [-0.2, 0) is 0 Å². The number of carbonyl (C=O) groups excluding carboxylic acids is 1. The van der Waals surface area contributed by atoms with Crippen LogP contribution in [0.3, 0.4) is 0 Å². The van der Waals surface area contributed by atoms with Crippen LogP contribution in [0.15, 0.2) is 46.9 Å². The maximum Gasteiger partial charge on any atom is 0.289 e. The zero-order chi connectivity index (χ0) is 16.9. The Morgan fingerprint density at radius 2 is 1.83 bits per heavy atom. The van der Waals surface area contributed by atoms with E-state index in [1.165, 1.54) is 5.56 Å². The number of benzene rings is 1. The number of amides is 1. The molecule has 3 rings (SSSR count). The largest absolute Gasteiger partial charge is 0.456 e. The first-order valence-electron chi connectivity index (χ1n) is 8.44. The van der Waals surface area contributed by atoms with Crippen LogP contribution in [-0.4, -0.2) is 48.4 Å². The predicted octanol–water partition coefficient (Wildman–Crippen LogP) is 3.37. The van der Waals surface area contributed by atoms with Crippen molar-refractivity contribution in [2.45, 2.75) is 13.8 Å². The van der Waals surface area contributed by atoms with E-state index in [1.807, 2.05) is 43.0 Å². The maximum atomic E-state index is 12.5. The summed E-state index contributed by atoms with van der Waals surface area (Å²) in [5, 5.41) is 0. The molecule has 0 saturated carbocycles. The normalized spacial score (nSPS) is 16.0. The SMILES string of the molecule is Cc1cc(C(=O)N2CCN(C/C=C/c3ccccc3)CC2)oc1C. The van der Waals surface area contributed by atoms with E-state index in [9.17, 15) is 4.79 Å². The van der Waals surface area contributed by atoms with Crippen LogP contribution in [0.4, 0.5) is 0 Å². The molecule has 1 aliphatic heterocycles.